The molecule has 2 atom stereocenters. The van der Waals surface area contributed by atoms with Crippen molar-refractivity contribution in [2.24, 2.45) is 11.3 Å². The lowest BCUT2D eigenvalue weighted by molar-refractivity contribution is -0.162. The first kappa shape index (κ1) is 14.7. The Balaban J connectivity index is 3.38. The number of aldehydes is 1. The molecule has 1 amide bonds. The van der Waals surface area contributed by atoms with Gasteiger partial charge in [0.1, 0.15) is 0 Å². The number of likely N-dealkylation sites (N-methyl/N-ethyl adjacent to an activating group) is 1. The van der Waals surface area contributed by atoms with Crippen LogP contribution in [-0.2, 0) is 19.1 Å². The van der Waals surface area contributed by atoms with Gasteiger partial charge in [-0.25, -0.2) is 4.79 Å². The van der Waals surface area contributed by atoms with Crippen molar-refractivity contribution in [1.29, 1.82) is 0 Å². The monoisotopic (exact) mass is 255 g/mol. The summed E-state index contributed by atoms with van der Waals surface area (Å²) in [6.45, 7) is 5.53. The molecule has 18 heavy (non-hydrogen) atoms. The number of rotatable bonds is 4. The highest BCUT2D eigenvalue weighted by atomic mass is 16.5. The number of likely N-dealkylation sites (tertiary alicyclic amines) is 1. The van der Waals surface area contributed by atoms with Crippen LogP contribution in [0, 0.1) is 11.3 Å². The summed E-state index contributed by atoms with van der Waals surface area (Å²) in [7, 11) is 2.72. The van der Waals surface area contributed by atoms with Gasteiger partial charge in [-0.05, 0) is 6.42 Å². The van der Waals surface area contributed by atoms with E-state index in [1.54, 1.807) is 13.8 Å². The number of nitrogens with zero attached hydrogens (tertiary/aromatic N) is 1. The molecule has 1 aliphatic rings. The predicted octanol–water partition coefficient (Wildman–Crippen LogP) is 1.01. The van der Waals surface area contributed by atoms with E-state index in [4.69, 9.17) is 4.74 Å². The molecule has 1 fully saturated rings. The third-order valence-corrected chi connectivity index (χ3v) is 4.26. The number of amides is 1. The summed E-state index contributed by atoms with van der Waals surface area (Å²) in [4.78, 5) is 37.1. The Labute approximate surface area is 107 Å². The quantitative estimate of drug-likeness (QED) is 0.427. The van der Waals surface area contributed by atoms with Crippen LogP contribution in [0.3, 0.4) is 0 Å². The van der Waals surface area contributed by atoms with Crippen molar-refractivity contribution in [2.45, 2.75) is 39.2 Å². The number of methoxy groups -OCH3 is 1. The SMILES string of the molecule is CCC[C@H]1C(=O)N(C)[C@@](C=O)(C(=O)OC)C1(C)C. The van der Waals surface area contributed by atoms with E-state index < -0.39 is 16.9 Å². The first-order valence-corrected chi connectivity index (χ1v) is 6.13. The first-order valence-electron chi connectivity index (χ1n) is 6.13. The van der Waals surface area contributed by atoms with E-state index in [1.807, 2.05) is 6.92 Å². The summed E-state index contributed by atoms with van der Waals surface area (Å²) >= 11 is 0. The highest BCUT2D eigenvalue weighted by Crippen LogP contribution is 2.50. The van der Waals surface area contributed by atoms with E-state index in [2.05, 4.69) is 0 Å². The van der Waals surface area contributed by atoms with Crippen molar-refractivity contribution in [2.75, 3.05) is 14.2 Å². The third-order valence-electron chi connectivity index (χ3n) is 4.26. The van der Waals surface area contributed by atoms with Crippen molar-refractivity contribution in [3.8, 4) is 0 Å². The molecular weight excluding hydrogens is 234 g/mol. The zero-order valence-electron chi connectivity index (χ0n) is 11.6. The first-order chi connectivity index (χ1) is 8.31. The molecule has 102 valence electrons. The van der Waals surface area contributed by atoms with E-state index in [0.29, 0.717) is 12.7 Å². The Morgan fingerprint density at radius 2 is 2.06 bits per heavy atom. The van der Waals surface area contributed by atoms with Crippen LogP contribution in [0.25, 0.3) is 0 Å². The summed E-state index contributed by atoms with van der Waals surface area (Å²) in [6, 6.07) is 0. The fraction of sp³-hybridized carbons (Fsp3) is 0.769. The Bertz CT molecular complexity index is 377. The Morgan fingerprint density at radius 3 is 2.44 bits per heavy atom. The zero-order chi connectivity index (χ0) is 14.1. The molecule has 1 saturated heterocycles. The lowest BCUT2D eigenvalue weighted by Gasteiger charge is -2.38. The van der Waals surface area contributed by atoms with Gasteiger partial charge in [-0.1, -0.05) is 27.2 Å². The molecular formula is C13H21NO4. The number of esters is 1. The largest absolute Gasteiger partial charge is 0.467 e. The normalized spacial score (nSPS) is 30.4. The van der Waals surface area contributed by atoms with Crippen molar-refractivity contribution >= 4 is 18.2 Å². The van der Waals surface area contributed by atoms with Gasteiger partial charge in [-0.3, -0.25) is 4.79 Å². The molecule has 0 aromatic carbocycles. The van der Waals surface area contributed by atoms with Gasteiger partial charge in [0.15, 0.2) is 6.29 Å². The third kappa shape index (κ3) is 1.56. The lowest BCUT2D eigenvalue weighted by Crippen LogP contribution is -2.59. The number of hydrogen-bond donors (Lipinski definition) is 0. The molecule has 5 heteroatoms. The van der Waals surface area contributed by atoms with Crippen LogP contribution in [-0.4, -0.2) is 42.8 Å². The Hall–Kier alpha value is -1.39. The fourth-order valence-corrected chi connectivity index (χ4v) is 3.02. The minimum atomic E-state index is -1.52. The molecule has 0 N–H and O–H groups in total. The van der Waals surface area contributed by atoms with Gasteiger partial charge in [0.2, 0.25) is 11.4 Å². The molecule has 0 aromatic rings. The van der Waals surface area contributed by atoms with Crippen LogP contribution in [0.2, 0.25) is 0 Å². The second-order valence-corrected chi connectivity index (χ2v) is 5.34. The number of carbonyl (C=O) groups is 3. The summed E-state index contributed by atoms with van der Waals surface area (Å²) in [5, 5.41) is 0. The molecule has 5 nitrogen and oxygen atoms in total. The summed E-state index contributed by atoms with van der Waals surface area (Å²) in [5.41, 5.74) is -2.29. The topological polar surface area (TPSA) is 63.7 Å². The van der Waals surface area contributed by atoms with E-state index in [1.165, 1.54) is 19.1 Å². The second kappa shape index (κ2) is 4.71. The van der Waals surface area contributed by atoms with Gasteiger partial charge in [-0.15, -0.1) is 0 Å². The highest BCUT2D eigenvalue weighted by Gasteiger charge is 2.67. The van der Waals surface area contributed by atoms with E-state index in [-0.39, 0.29) is 11.8 Å². The Kier molecular flexibility index (Phi) is 3.84. The molecule has 1 heterocycles. The van der Waals surface area contributed by atoms with Gasteiger partial charge < -0.3 is 14.4 Å². The molecule has 1 aliphatic heterocycles. The van der Waals surface area contributed by atoms with Gasteiger partial charge in [0, 0.05) is 18.4 Å². The predicted molar refractivity (Wildman–Crippen MR) is 65.8 cm³/mol. The van der Waals surface area contributed by atoms with Crippen LogP contribution in [0.4, 0.5) is 0 Å². The molecule has 0 aliphatic carbocycles. The van der Waals surface area contributed by atoms with Crippen molar-refractivity contribution < 1.29 is 19.1 Å². The minimum absolute atomic E-state index is 0.167. The van der Waals surface area contributed by atoms with Crippen molar-refractivity contribution in [3.63, 3.8) is 0 Å². The summed E-state index contributed by atoms with van der Waals surface area (Å²) in [6.07, 6.45) is 2.03. The number of carbonyl (C=O) groups excluding carboxylic acids is 3. The van der Waals surface area contributed by atoms with E-state index >= 15 is 0 Å². The molecule has 0 spiro atoms. The molecule has 0 bridgehead atoms. The summed E-state index contributed by atoms with van der Waals surface area (Å²) in [5.74, 6) is -1.17. The minimum Gasteiger partial charge on any atom is -0.467 e. The maximum atomic E-state index is 12.3. The van der Waals surface area contributed by atoms with Gasteiger partial charge >= 0.3 is 5.97 Å². The molecule has 0 radical (unpaired) electrons. The molecule has 0 aromatic heterocycles. The average Bonchev–Trinajstić information content (AvgIpc) is 2.48. The van der Waals surface area contributed by atoms with Crippen LogP contribution in [0.1, 0.15) is 33.6 Å². The average molecular weight is 255 g/mol. The number of ether oxygens (including phenoxy) is 1. The summed E-state index contributed by atoms with van der Waals surface area (Å²) < 4.78 is 4.75. The lowest BCUT2D eigenvalue weighted by atomic mass is 9.67. The van der Waals surface area contributed by atoms with Crippen LogP contribution in [0.15, 0.2) is 0 Å². The van der Waals surface area contributed by atoms with Crippen molar-refractivity contribution in [3.05, 3.63) is 0 Å². The van der Waals surface area contributed by atoms with Gasteiger partial charge in [0.25, 0.3) is 0 Å². The Morgan fingerprint density at radius 1 is 1.50 bits per heavy atom. The standard InChI is InChI=1S/C13H21NO4/c1-6-7-9-10(16)14(4)13(8-15,11(17)18-5)12(9,2)3/h8-9H,6-7H2,1-5H3/t9-,13-/m0/s1. The number of hydrogen-bond acceptors (Lipinski definition) is 4. The van der Waals surface area contributed by atoms with Crippen LogP contribution >= 0.6 is 0 Å². The van der Waals surface area contributed by atoms with Gasteiger partial charge in [-0.2, -0.15) is 0 Å². The highest BCUT2D eigenvalue weighted by molar-refractivity contribution is 6.06. The molecule has 1 rings (SSSR count). The molecule has 0 saturated carbocycles. The van der Waals surface area contributed by atoms with Gasteiger partial charge in [0.05, 0.1) is 7.11 Å². The van der Waals surface area contributed by atoms with Crippen molar-refractivity contribution in [1.82, 2.24) is 4.90 Å². The second-order valence-electron chi connectivity index (χ2n) is 5.34. The van der Waals surface area contributed by atoms with Crippen LogP contribution in [0.5, 0.6) is 0 Å². The zero-order valence-corrected chi connectivity index (χ0v) is 11.6. The van der Waals surface area contributed by atoms with E-state index in [0.717, 1.165) is 6.42 Å². The van der Waals surface area contributed by atoms with E-state index in [9.17, 15) is 14.4 Å². The fourth-order valence-electron chi connectivity index (χ4n) is 3.02. The van der Waals surface area contributed by atoms with Crippen LogP contribution < -0.4 is 0 Å². The maximum Gasteiger partial charge on any atom is 0.339 e. The maximum absolute atomic E-state index is 12.3. The smallest absolute Gasteiger partial charge is 0.339 e. The molecule has 0 unspecified atom stereocenters.